The molecule has 0 spiro atoms. The molecule has 1 aromatic carbocycles. The molecule has 28 heavy (non-hydrogen) atoms. The Morgan fingerprint density at radius 3 is 2.57 bits per heavy atom. The summed E-state index contributed by atoms with van der Waals surface area (Å²) in [6.07, 6.45) is 3.96. The van der Waals surface area contributed by atoms with Crippen LogP contribution in [0.5, 0.6) is 0 Å². The van der Waals surface area contributed by atoms with E-state index in [1.807, 2.05) is 11.8 Å². The monoisotopic (exact) mass is 403 g/mol. The quantitative estimate of drug-likeness (QED) is 0.404. The Morgan fingerprint density at radius 2 is 1.89 bits per heavy atom. The van der Waals surface area contributed by atoms with Gasteiger partial charge >= 0.3 is 0 Å². The fourth-order valence-electron chi connectivity index (χ4n) is 3.38. The molecule has 2 aromatic rings. The average Bonchev–Trinajstić information content (AvgIpc) is 3.22. The minimum atomic E-state index is -0.290. The zero-order chi connectivity index (χ0) is 20.1. The third-order valence-corrected chi connectivity index (χ3v) is 6.19. The third-order valence-electron chi connectivity index (χ3n) is 5.07. The molecule has 0 unspecified atom stereocenters. The Morgan fingerprint density at radius 1 is 1.21 bits per heavy atom. The van der Waals surface area contributed by atoms with Crippen LogP contribution in [-0.4, -0.2) is 39.2 Å². The molecule has 1 aliphatic heterocycles. The summed E-state index contributed by atoms with van der Waals surface area (Å²) < 4.78 is 14.6. The molecular formula is C21H26FN3O2S. The molecule has 150 valence electrons. The lowest BCUT2D eigenvalue weighted by atomic mass is 10.1. The predicted molar refractivity (Wildman–Crippen MR) is 109 cm³/mol. The fraction of sp³-hybridized carbons (Fsp3) is 0.476. The van der Waals surface area contributed by atoms with E-state index in [0.29, 0.717) is 29.3 Å². The lowest BCUT2D eigenvalue weighted by molar-refractivity contribution is -0.130. The molecule has 0 aliphatic carbocycles. The number of hydrogen-bond acceptors (Lipinski definition) is 4. The van der Waals surface area contributed by atoms with Crippen LogP contribution in [0.3, 0.4) is 0 Å². The Labute approximate surface area is 169 Å². The summed E-state index contributed by atoms with van der Waals surface area (Å²) in [6, 6.07) is 6.18. The zero-order valence-corrected chi connectivity index (χ0v) is 17.2. The fourth-order valence-corrected chi connectivity index (χ4v) is 4.33. The third kappa shape index (κ3) is 5.01. The SMILES string of the molecule is Cc1nc(SCCCC(=O)N2CCCC2)n(C)c(=O)c1Cc1ccc(F)cc1. The van der Waals surface area contributed by atoms with Gasteiger partial charge in [0.2, 0.25) is 5.91 Å². The predicted octanol–water partition coefficient (Wildman–Crippen LogP) is 3.31. The first-order valence-corrected chi connectivity index (χ1v) is 10.7. The lowest BCUT2D eigenvalue weighted by Gasteiger charge is -2.15. The van der Waals surface area contributed by atoms with Crippen molar-refractivity contribution in [2.75, 3.05) is 18.8 Å². The Bertz CT molecular complexity index is 890. The van der Waals surface area contributed by atoms with Gasteiger partial charge < -0.3 is 4.90 Å². The Balaban J connectivity index is 1.60. The molecule has 5 nitrogen and oxygen atoms in total. The molecule has 1 saturated heterocycles. The van der Waals surface area contributed by atoms with Gasteiger partial charge in [-0.25, -0.2) is 9.37 Å². The number of carbonyl (C=O) groups is 1. The van der Waals surface area contributed by atoms with Gasteiger partial charge in [-0.15, -0.1) is 0 Å². The van der Waals surface area contributed by atoms with Crippen molar-refractivity contribution >= 4 is 17.7 Å². The van der Waals surface area contributed by atoms with Crippen LogP contribution in [-0.2, 0) is 18.3 Å². The highest BCUT2D eigenvalue weighted by atomic mass is 32.2. The number of nitrogens with zero attached hydrogens (tertiary/aromatic N) is 3. The molecule has 1 fully saturated rings. The van der Waals surface area contributed by atoms with Crippen LogP contribution >= 0.6 is 11.8 Å². The summed E-state index contributed by atoms with van der Waals surface area (Å²) in [4.78, 5) is 31.4. The Hall–Kier alpha value is -2.15. The second-order valence-corrected chi connectivity index (χ2v) is 8.23. The first-order valence-electron chi connectivity index (χ1n) is 9.67. The van der Waals surface area contributed by atoms with E-state index in [1.54, 1.807) is 23.7 Å². The number of thioether (sulfide) groups is 1. The van der Waals surface area contributed by atoms with Crippen molar-refractivity contribution < 1.29 is 9.18 Å². The first kappa shape index (κ1) is 20.6. The summed E-state index contributed by atoms with van der Waals surface area (Å²) in [7, 11) is 1.72. The van der Waals surface area contributed by atoms with Crippen molar-refractivity contribution in [2.24, 2.45) is 7.05 Å². The highest BCUT2D eigenvalue weighted by molar-refractivity contribution is 7.99. The maximum atomic E-state index is 13.1. The molecule has 0 atom stereocenters. The standard InChI is InChI=1S/C21H26FN3O2S/c1-15-18(14-16-7-9-17(22)10-8-16)20(27)24(2)21(23-15)28-13-5-6-19(26)25-11-3-4-12-25/h7-10H,3-6,11-14H2,1-2H3. The number of carbonyl (C=O) groups excluding carboxylic acids is 1. The number of hydrogen-bond donors (Lipinski definition) is 0. The number of amides is 1. The van der Waals surface area contributed by atoms with Crippen molar-refractivity contribution in [2.45, 2.75) is 44.2 Å². The number of aryl methyl sites for hydroxylation is 1. The van der Waals surface area contributed by atoms with Crippen LogP contribution in [0.1, 0.15) is 42.5 Å². The van der Waals surface area contributed by atoms with Gasteiger partial charge in [-0.1, -0.05) is 23.9 Å². The lowest BCUT2D eigenvalue weighted by Crippen LogP contribution is -2.27. The Kier molecular flexibility index (Phi) is 6.88. The van der Waals surface area contributed by atoms with Gasteiger partial charge in [-0.05, 0) is 43.9 Å². The minimum absolute atomic E-state index is 0.0764. The van der Waals surface area contributed by atoms with E-state index in [-0.39, 0.29) is 17.3 Å². The normalized spacial score (nSPS) is 13.9. The average molecular weight is 404 g/mol. The molecule has 1 amide bonds. The number of benzene rings is 1. The van der Waals surface area contributed by atoms with Crippen LogP contribution < -0.4 is 5.56 Å². The topological polar surface area (TPSA) is 55.2 Å². The second-order valence-electron chi connectivity index (χ2n) is 7.17. The number of aromatic nitrogens is 2. The summed E-state index contributed by atoms with van der Waals surface area (Å²) in [5, 5.41) is 0.666. The minimum Gasteiger partial charge on any atom is -0.343 e. The maximum absolute atomic E-state index is 13.1. The number of rotatable bonds is 7. The van der Waals surface area contributed by atoms with Crippen LogP contribution in [0.4, 0.5) is 4.39 Å². The van der Waals surface area contributed by atoms with Crippen LogP contribution in [0.25, 0.3) is 0 Å². The molecule has 0 N–H and O–H groups in total. The van der Waals surface area contributed by atoms with Crippen LogP contribution in [0, 0.1) is 12.7 Å². The molecule has 2 heterocycles. The van der Waals surface area contributed by atoms with Crippen LogP contribution in [0.2, 0.25) is 0 Å². The van der Waals surface area contributed by atoms with Crippen molar-refractivity contribution in [1.29, 1.82) is 0 Å². The van der Waals surface area contributed by atoms with E-state index < -0.39 is 0 Å². The molecule has 0 radical (unpaired) electrons. The number of halogens is 1. The number of likely N-dealkylation sites (tertiary alicyclic amines) is 1. The van der Waals surface area contributed by atoms with E-state index >= 15 is 0 Å². The summed E-state index contributed by atoms with van der Waals surface area (Å²) in [5.41, 5.74) is 2.13. The van der Waals surface area contributed by atoms with Gasteiger partial charge in [0.25, 0.3) is 5.56 Å². The molecule has 7 heteroatoms. The molecule has 0 bridgehead atoms. The summed E-state index contributed by atoms with van der Waals surface area (Å²) in [5.74, 6) is 0.684. The molecule has 1 aromatic heterocycles. The van der Waals surface area contributed by atoms with Crippen molar-refractivity contribution in [1.82, 2.24) is 14.5 Å². The first-order chi connectivity index (χ1) is 13.5. The maximum Gasteiger partial charge on any atom is 0.257 e. The molecule has 3 rings (SSSR count). The smallest absolute Gasteiger partial charge is 0.257 e. The summed E-state index contributed by atoms with van der Waals surface area (Å²) >= 11 is 1.51. The second kappa shape index (κ2) is 9.37. The van der Waals surface area contributed by atoms with E-state index in [1.165, 1.54) is 23.9 Å². The van der Waals surface area contributed by atoms with Crippen molar-refractivity contribution in [3.8, 4) is 0 Å². The van der Waals surface area contributed by atoms with Crippen molar-refractivity contribution in [3.63, 3.8) is 0 Å². The van der Waals surface area contributed by atoms with E-state index in [9.17, 15) is 14.0 Å². The van der Waals surface area contributed by atoms with E-state index in [0.717, 1.165) is 43.7 Å². The van der Waals surface area contributed by atoms with Gasteiger partial charge in [-0.3, -0.25) is 14.2 Å². The zero-order valence-electron chi connectivity index (χ0n) is 16.4. The van der Waals surface area contributed by atoms with E-state index in [4.69, 9.17) is 0 Å². The van der Waals surface area contributed by atoms with Gasteiger partial charge in [0.05, 0.1) is 0 Å². The molecular weight excluding hydrogens is 377 g/mol. The van der Waals surface area contributed by atoms with Crippen LogP contribution in [0.15, 0.2) is 34.2 Å². The highest BCUT2D eigenvalue weighted by Gasteiger charge is 2.17. The molecule has 0 saturated carbocycles. The van der Waals surface area contributed by atoms with Gasteiger partial charge in [0, 0.05) is 50.0 Å². The molecule has 1 aliphatic rings. The van der Waals surface area contributed by atoms with Gasteiger partial charge in [0.15, 0.2) is 5.16 Å². The van der Waals surface area contributed by atoms with Gasteiger partial charge in [-0.2, -0.15) is 0 Å². The van der Waals surface area contributed by atoms with E-state index in [2.05, 4.69) is 4.98 Å². The van der Waals surface area contributed by atoms with Crippen molar-refractivity contribution in [3.05, 3.63) is 57.3 Å². The highest BCUT2D eigenvalue weighted by Crippen LogP contribution is 2.19. The summed E-state index contributed by atoms with van der Waals surface area (Å²) in [6.45, 7) is 3.61. The van der Waals surface area contributed by atoms with Gasteiger partial charge in [0.1, 0.15) is 5.82 Å². The largest absolute Gasteiger partial charge is 0.343 e.